The van der Waals surface area contributed by atoms with Crippen molar-refractivity contribution in [2.45, 2.75) is 19.9 Å². The summed E-state index contributed by atoms with van der Waals surface area (Å²) in [5, 5.41) is 8.78. The Balaban J connectivity index is 2.74. The molecule has 0 saturated heterocycles. The Kier molecular flexibility index (Phi) is 5.74. The fourth-order valence-electron chi connectivity index (χ4n) is 1.71. The lowest BCUT2D eigenvalue weighted by molar-refractivity contribution is 0.1000. The van der Waals surface area contributed by atoms with E-state index in [0.29, 0.717) is 25.1 Å². The molecule has 1 amide bonds. The van der Waals surface area contributed by atoms with E-state index in [1.54, 1.807) is 6.07 Å². The van der Waals surface area contributed by atoms with Crippen LogP contribution in [-0.2, 0) is 6.54 Å². The van der Waals surface area contributed by atoms with Crippen LogP contribution < -0.4 is 5.73 Å². The molecule has 0 aliphatic heterocycles. The molecule has 0 heterocycles. The van der Waals surface area contributed by atoms with Gasteiger partial charge >= 0.3 is 0 Å². The molecule has 0 radical (unpaired) electrons. The van der Waals surface area contributed by atoms with Crippen LogP contribution >= 0.6 is 0 Å². The average Bonchev–Trinajstić information content (AvgIpc) is 2.35. The first-order valence-electron chi connectivity index (χ1n) is 6.00. The number of benzene rings is 1. The van der Waals surface area contributed by atoms with Gasteiger partial charge in [0.1, 0.15) is 5.82 Å². The molecule has 1 aromatic carbocycles. The van der Waals surface area contributed by atoms with Gasteiger partial charge in [-0.05, 0) is 25.1 Å². The summed E-state index contributed by atoms with van der Waals surface area (Å²) in [6.07, 6.45) is 0.662. The molecule has 0 atom stereocenters. The Morgan fingerprint density at radius 3 is 2.72 bits per heavy atom. The molecule has 0 bridgehead atoms. The van der Waals surface area contributed by atoms with Crippen molar-refractivity contribution in [1.82, 2.24) is 4.90 Å². The SMILES string of the molecule is CCN(CCCO)Cc1ccc(C(N)=O)cc1F. The number of amides is 1. The number of rotatable bonds is 7. The monoisotopic (exact) mass is 254 g/mol. The van der Waals surface area contributed by atoms with E-state index < -0.39 is 11.7 Å². The molecule has 5 heteroatoms. The summed E-state index contributed by atoms with van der Waals surface area (Å²) in [6.45, 7) is 4.05. The van der Waals surface area contributed by atoms with Crippen molar-refractivity contribution in [2.24, 2.45) is 5.73 Å². The van der Waals surface area contributed by atoms with Gasteiger partial charge in [0.15, 0.2) is 0 Å². The largest absolute Gasteiger partial charge is 0.396 e. The van der Waals surface area contributed by atoms with E-state index in [-0.39, 0.29) is 12.2 Å². The van der Waals surface area contributed by atoms with Gasteiger partial charge < -0.3 is 10.8 Å². The fourth-order valence-corrected chi connectivity index (χ4v) is 1.71. The molecule has 4 nitrogen and oxygen atoms in total. The van der Waals surface area contributed by atoms with Crippen LogP contribution in [0.25, 0.3) is 0 Å². The van der Waals surface area contributed by atoms with E-state index >= 15 is 0 Å². The minimum absolute atomic E-state index is 0.125. The van der Waals surface area contributed by atoms with Gasteiger partial charge in [-0.2, -0.15) is 0 Å². The van der Waals surface area contributed by atoms with Gasteiger partial charge in [0.25, 0.3) is 0 Å². The van der Waals surface area contributed by atoms with Gasteiger partial charge in [0.05, 0.1) is 0 Å². The third-order valence-corrected chi connectivity index (χ3v) is 2.81. The molecule has 0 saturated carbocycles. The zero-order valence-electron chi connectivity index (χ0n) is 10.5. The number of nitrogens with zero attached hydrogens (tertiary/aromatic N) is 1. The van der Waals surface area contributed by atoms with Gasteiger partial charge in [-0.15, -0.1) is 0 Å². The second kappa shape index (κ2) is 7.08. The zero-order valence-corrected chi connectivity index (χ0v) is 10.5. The number of aliphatic hydroxyl groups is 1. The number of carbonyl (C=O) groups excluding carboxylic acids is 1. The Hall–Kier alpha value is -1.46. The van der Waals surface area contributed by atoms with Crippen LogP contribution in [0.5, 0.6) is 0 Å². The lowest BCUT2D eigenvalue weighted by atomic mass is 10.1. The first-order valence-corrected chi connectivity index (χ1v) is 6.00. The van der Waals surface area contributed by atoms with E-state index in [1.165, 1.54) is 6.07 Å². The molecule has 1 aromatic rings. The summed E-state index contributed by atoms with van der Waals surface area (Å²) >= 11 is 0. The fraction of sp³-hybridized carbons (Fsp3) is 0.462. The topological polar surface area (TPSA) is 66.6 Å². The first kappa shape index (κ1) is 14.6. The Labute approximate surface area is 106 Å². The highest BCUT2D eigenvalue weighted by atomic mass is 19.1. The number of aliphatic hydroxyl groups excluding tert-OH is 1. The summed E-state index contributed by atoms with van der Waals surface area (Å²) in [5.74, 6) is -1.05. The Bertz CT molecular complexity index is 410. The van der Waals surface area contributed by atoms with Gasteiger partial charge in [0.2, 0.25) is 5.91 Å². The van der Waals surface area contributed by atoms with E-state index in [2.05, 4.69) is 0 Å². The Morgan fingerprint density at radius 1 is 1.50 bits per heavy atom. The van der Waals surface area contributed by atoms with Gasteiger partial charge in [-0.1, -0.05) is 13.0 Å². The molecule has 100 valence electrons. The average molecular weight is 254 g/mol. The van der Waals surface area contributed by atoms with E-state index in [9.17, 15) is 9.18 Å². The highest BCUT2D eigenvalue weighted by Crippen LogP contribution is 2.13. The predicted octanol–water partition coefficient (Wildman–Crippen LogP) is 1.13. The molecular weight excluding hydrogens is 235 g/mol. The maximum Gasteiger partial charge on any atom is 0.248 e. The summed E-state index contributed by atoms with van der Waals surface area (Å²) in [4.78, 5) is 12.9. The van der Waals surface area contributed by atoms with Crippen LogP contribution in [0.3, 0.4) is 0 Å². The molecule has 0 fully saturated rings. The summed E-state index contributed by atoms with van der Waals surface area (Å²) in [7, 11) is 0. The van der Waals surface area contributed by atoms with Gasteiger partial charge in [-0.3, -0.25) is 9.69 Å². The lowest BCUT2D eigenvalue weighted by Gasteiger charge is -2.20. The standard InChI is InChI=1S/C13H19FN2O2/c1-2-16(6-3-7-17)9-11-5-4-10(13(15)18)8-12(11)14/h4-5,8,17H,2-3,6-7,9H2,1H3,(H2,15,18). The number of halogens is 1. The number of primary amides is 1. The molecular formula is C13H19FN2O2. The highest BCUT2D eigenvalue weighted by molar-refractivity contribution is 5.92. The lowest BCUT2D eigenvalue weighted by Crippen LogP contribution is -2.25. The maximum atomic E-state index is 13.7. The van der Waals surface area contributed by atoms with Crippen LogP contribution in [0, 0.1) is 5.82 Å². The van der Waals surface area contributed by atoms with Crippen molar-refractivity contribution in [2.75, 3.05) is 19.7 Å². The van der Waals surface area contributed by atoms with Crippen molar-refractivity contribution in [3.05, 3.63) is 35.1 Å². The normalized spacial score (nSPS) is 10.9. The molecule has 0 unspecified atom stereocenters. The predicted molar refractivity (Wildman–Crippen MR) is 67.6 cm³/mol. The van der Waals surface area contributed by atoms with Gasteiger partial charge in [0, 0.05) is 30.8 Å². The second-order valence-electron chi connectivity index (χ2n) is 4.12. The summed E-state index contributed by atoms with van der Waals surface area (Å²) in [6, 6.07) is 4.27. The quantitative estimate of drug-likeness (QED) is 0.766. The third kappa shape index (κ3) is 4.09. The van der Waals surface area contributed by atoms with Crippen molar-refractivity contribution in [3.8, 4) is 0 Å². The molecule has 0 aliphatic carbocycles. The zero-order chi connectivity index (χ0) is 13.5. The summed E-state index contributed by atoms with van der Waals surface area (Å²) in [5.41, 5.74) is 5.79. The van der Waals surface area contributed by atoms with E-state index in [4.69, 9.17) is 10.8 Å². The Morgan fingerprint density at radius 2 is 2.22 bits per heavy atom. The third-order valence-electron chi connectivity index (χ3n) is 2.81. The van der Waals surface area contributed by atoms with Crippen LogP contribution in [0.15, 0.2) is 18.2 Å². The minimum atomic E-state index is -0.631. The molecule has 0 spiro atoms. The van der Waals surface area contributed by atoms with Crippen molar-refractivity contribution in [3.63, 3.8) is 0 Å². The number of hydrogen-bond acceptors (Lipinski definition) is 3. The molecule has 0 aliphatic rings. The van der Waals surface area contributed by atoms with Crippen LogP contribution in [0.4, 0.5) is 4.39 Å². The van der Waals surface area contributed by atoms with E-state index in [0.717, 1.165) is 12.6 Å². The molecule has 0 aromatic heterocycles. The van der Waals surface area contributed by atoms with Crippen molar-refractivity contribution in [1.29, 1.82) is 0 Å². The van der Waals surface area contributed by atoms with Crippen LogP contribution in [-0.4, -0.2) is 35.6 Å². The number of nitrogens with two attached hydrogens (primary N) is 1. The smallest absolute Gasteiger partial charge is 0.248 e. The minimum Gasteiger partial charge on any atom is -0.396 e. The number of carbonyl (C=O) groups is 1. The summed E-state index contributed by atoms with van der Waals surface area (Å²) < 4.78 is 13.7. The molecule has 3 N–H and O–H groups in total. The van der Waals surface area contributed by atoms with E-state index in [1.807, 2.05) is 11.8 Å². The van der Waals surface area contributed by atoms with Crippen molar-refractivity contribution >= 4 is 5.91 Å². The first-order chi connectivity index (χ1) is 8.58. The maximum absolute atomic E-state index is 13.7. The molecule has 18 heavy (non-hydrogen) atoms. The van der Waals surface area contributed by atoms with Crippen LogP contribution in [0.1, 0.15) is 29.3 Å². The van der Waals surface area contributed by atoms with Crippen LogP contribution in [0.2, 0.25) is 0 Å². The second-order valence-corrected chi connectivity index (χ2v) is 4.12. The molecule has 1 rings (SSSR count). The van der Waals surface area contributed by atoms with Crippen molar-refractivity contribution < 1.29 is 14.3 Å². The van der Waals surface area contributed by atoms with Gasteiger partial charge in [-0.25, -0.2) is 4.39 Å². The number of hydrogen-bond donors (Lipinski definition) is 2. The highest BCUT2D eigenvalue weighted by Gasteiger charge is 2.10.